The van der Waals surface area contributed by atoms with E-state index >= 15 is 0 Å². The number of rotatable bonds is 8. The lowest BCUT2D eigenvalue weighted by Crippen LogP contribution is -2.40. The van der Waals surface area contributed by atoms with Gasteiger partial charge in [-0.3, -0.25) is 4.79 Å². The van der Waals surface area contributed by atoms with Crippen LogP contribution in [-0.2, 0) is 19.6 Å². The van der Waals surface area contributed by atoms with Crippen molar-refractivity contribution in [3.05, 3.63) is 72.3 Å². The maximum Gasteiger partial charge on any atom is 0.255 e. The molecule has 0 unspecified atom stereocenters. The van der Waals surface area contributed by atoms with Crippen LogP contribution in [0.5, 0.6) is 5.75 Å². The molecule has 0 saturated carbocycles. The monoisotopic (exact) mass is 533 g/mol. The lowest BCUT2D eigenvalue weighted by molar-refractivity contribution is -0.119. The molecular formula is C27H27N5O5S. The summed E-state index contributed by atoms with van der Waals surface area (Å²) in [6.07, 6.45) is 0. The molecule has 38 heavy (non-hydrogen) atoms. The first-order valence-corrected chi connectivity index (χ1v) is 13.5. The zero-order valence-electron chi connectivity index (χ0n) is 20.8. The summed E-state index contributed by atoms with van der Waals surface area (Å²) < 4.78 is 38.9. The molecule has 1 aromatic heterocycles. The number of aryl methyl sites for hydroxylation is 1. The molecule has 11 heteroatoms. The van der Waals surface area contributed by atoms with Gasteiger partial charge in [-0.05, 0) is 42.8 Å². The Balaban J connectivity index is 1.48. The minimum atomic E-state index is -3.68. The third kappa shape index (κ3) is 5.30. The fraction of sp³-hybridized carbons (Fsp3) is 0.222. The van der Waals surface area contributed by atoms with Gasteiger partial charge in [-0.1, -0.05) is 36.4 Å². The van der Waals surface area contributed by atoms with Gasteiger partial charge in [-0.2, -0.15) is 4.31 Å². The van der Waals surface area contributed by atoms with E-state index in [0.717, 1.165) is 16.5 Å². The SMILES string of the molecule is Cc1ccc(-c2nnc(Nc3ccc(OCC(N)=O)cc3)c3ccccc23)cc1S(=O)(=O)N1CCOCC1. The summed E-state index contributed by atoms with van der Waals surface area (Å²) in [5.41, 5.74) is 7.78. The Hall–Kier alpha value is -4.06. The van der Waals surface area contributed by atoms with Crippen molar-refractivity contribution in [3.8, 4) is 17.0 Å². The van der Waals surface area contributed by atoms with Gasteiger partial charge in [0.1, 0.15) is 11.4 Å². The number of nitrogens with two attached hydrogens (primary N) is 1. The molecule has 196 valence electrons. The summed E-state index contributed by atoms with van der Waals surface area (Å²) in [5.74, 6) is 0.514. The highest BCUT2D eigenvalue weighted by atomic mass is 32.2. The number of carbonyl (C=O) groups is 1. The van der Waals surface area contributed by atoms with Crippen LogP contribution in [-0.4, -0.2) is 61.7 Å². The van der Waals surface area contributed by atoms with Crippen molar-refractivity contribution in [1.82, 2.24) is 14.5 Å². The molecule has 3 N–H and O–H groups in total. The number of benzene rings is 3. The van der Waals surface area contributed by atoms with E-state index in [1.54, 1.807) is 43.3 Å². The molecule has 5 rings (SSSR count). The minimum Gasteiger partial charge on any atom is -0.484 e. The van der Waals surface area contributed by atoms with Crippen molar-refractivity contribution in [3.63, 3.8) is 0 Å². The van der Waals surface area contributed by atoms with E-state index in [9.17, 15) is 13.2 Å². The number of amides is 1. The summed E-state index contributed by atoms with van der Waals surface area (Å²) in [4.78, 5) is 11.2. The average molecular weight is 534 g/mol. The highest BCUT2D eigenvalue weighted by Gasteiger charge is 2.28. The summed E-state index contributed by atoms with van der Waals surface area (Å²) >= 11 is 0. The molecule has 1 saturated heterocycles. The number of morpholine rings is 1. The predicted octanol–water partition coefficient (Wildman–Crippen LogP) is 3.23. The van der Waals surface area contributed by atoms with Crippen LogP contribution in [0.2, 0.25) is 0 Å². The first kappa shape index (κ1) is 25.6. The van der Waals surface area contributed by atoms with E-state index in [1.807, 2.05) is 30.3 Å². The van der Waals surface area contributed by atoms with Crippen molar-refractivity contribution < 1.29 is 22.7 Å². The van der Waals surface area contributed by atoms with Gasteiger partial charge in [0, 0.05) is 35.1 Å². The molecule has 10 nitrogen and oxygen atoms in total. The van der Waals surface area contributed by atoms with Crippen LogP contribution >= 0.6 is 0 Å². The number of sulfonamides is 1. The minimum absolute atomic E-state index is 0.196. The zero-order valence-corrected chi connectivity index (χ0v) is 21.6. The van der Waals surface area contributed by atoms with Crippen LogP contribution in [0.15, 0.2) is 71.6 Å². The van der Waals surface area contributed by atoms with Crippen molar-refractivity contribution in [2.24, 2.45) is 5.73 Å². The van der Waals surface area contributed by atoms with Gasteiger partial charge in [-0.15, -0.1) is 10.2 Å². The Morgan fingerprint density at radius 2 is 1.74 bits per heavy atom. The number of primary amides is 1. The molecule has 0 aliphatic carbocycles. The fourth-order valence-corrected chi connectivity index (χ4v) is 5.95. The zero-order chi connectivity index (χ0) is 26.7. The molecule has 2 heterocycles. The number of nitrogens with zero attached hydrogens (tertiary/aromatic N) is 3. The van der Waals surface area contributed by atoms with Crippen LogP contribution in [0.4, 0.5) is 11.5 Å². The van der Waals surface area contributed by atoms with Gasteiger partial charge < -0.3 is 20.5 Å². The van der Waals surface area contributed by atoms with E-state index in [4.69, 9.17) is 15.2 Å². The largest absolute Gasteiger partial charge is 0.484 e. The van der Waals surface area contributed by atoms with Crippen molar-refractivity contribution >= 4 is 38.2 Å². The fourth-order valence-electron chi connectivity index (χ4n) is 4.29. The molecule has 1 fully saturated rings. The number of hydrogen-bond acceptors (Lipinski definition) is 8. The quantitative estimate of drug-likeness (QED) is 0.352. The van der Waals surface area contributed by atoms with Crippen LogP contribution < -0.4 is 15.8 Å². The molecule has 3 aromatic carbocycles. The number of carbonyl (C=O) groups excluding carboxylic acids is 1. The molecular weight excluding hydrogens is 506 g/mol. The Morgan fingerprint density at radius 3 is 2.45 bits per heavy atom. The van der Waals surface area contributed by atoms with Crippen LogP contribution in [0.3, 0.4) is 0 Å². The van der Waals surface area contributed by atoms with Crippen molar-refractivity contribution in [2.75, 3.05) is 38.2 Å². The lowest BCUT2D eigenvalue weighted by Gasteiger charge is -2.26. The van der Waals surface area contributed by atoms with Crippen LogP contribution in [0.1, 0.15) is 5.56 Å². The summed E-state index contributed by atoms with van der Waals surface area (Å²) in [5, 5.41) is 13.8. The van der Waals surface area contributed by atoms with Gasteiger partial charge >= 0.3 is 0 Å². The average Bonchev–Trinajstić information content (AvgIpc) is 2.93. The Bertz CT molecular complexity index is 1590. The first-order chi connectivity index (χ1) is 18.3. The predicted molar refractivity (Wildman–Crippen MR) is 144 cm³/mol. The number of aromatic nitrogens is 2. The van der Waals surface area contributed by atoms with Gasteiger partial charge in [0.2, 0.25) is 10.0 Å². The Morgan fingerprint density at radius 1 is 1.03 bits per heavy atom. The maximum atomic E-state index is 13.4. The van der Waals surface area contributed by atoms with Crippen LogP contribution in [0.25, 0.3) is 22.0 Å². The molecule has 0 radical (unpaired) electrons. The highest BCUT2D eigenvalue weighted by molar-refractivity contribution is 7.89. The standard InChI is InChI=1S/C27H27N5O5S/c1-18-6-7-19(16-24(18)38(34,35)32-12-14-36-15-13-32)26-22-4-2-3-5-23(22)27(31-30-26)29-20-8-10-21(11-9-20)37-17-25(28)33/h2-11,16H,12-15,17H2,1H3,(H2,28,33)(H,29,31). The summed E-state index contributed by atoms with van der Waals surface area (Å²) in [7, 11) is -3.68. The van der Waals surface area contributed by atoms with Gasteiger partial charge in [-0.25, -0.2) is 8.42 Å². The van der Waals surface area contributed by atoms with E-state index in [1.165, 1.54) is 4.31 Å². The molecule has 0 atom stereocenters. The lowest BCUT2D eigenvalue weighted by atomic mass is 10.0. The number of fused-ring (bicyclic) bond motifs is 1. The van der Waals surface area contributed by atoms with E-state index in [-0.39, 0.29) is 11.5 Å². The first-order valence-electron chi connectivity index (χ1n) is 12.1. The van der Waals surface area contributed by atoms with E-state index in [2.05, 4.69) is 15.5 Å². The molecule has 1 amide bonds. The van der Waals surface area contributed by atoms with Crippen LogP contribution in [0, 0.1) is 6.92 Å². The second-order valence-electron chi connectivity index (χ2n) is 8.84. The van der Waals surface area contributed by atoms with E-state index < -0.39 is 15.9 Å². The van der Waals surface area contributed by atoms with E-state index in [0.29, 0.717) is 54.7 Å². The molecule has 0 bridgehead atoms. The smallest absolute Gasteiger partial charge is 0.255 e. The van der Waals surface area contributed by atoms with Crippen molar-refractivity contribution in [2.45, 2.75) is 11.8 Å². The molecule has 0 spiro atoms. The Labute approximate surface area is 220 Å². The normalized spacial score (nSPS) is 14.3. The Kier molecular flexibility index (Phi) is 7.23. The third-order valence-corrected chi connectivity index (χ3v) is 8.28. The number of anilines is 2. The molecule has 1 aliphatic rings. The second-order valence-corrected chi connectivity index (χ2v) is 10.8. The van der Waals surface area contributed by atoms with Gasteiger partial charge in [0.05, 0.1) is 18.1 Å². The van der Waals surface area contributed by atoms with Gasteiger partial charge in [0.15, 0.2) is 12.4 Å². The summed E-state index contributed by atoms with van der Waals surface area (Å²) in [6.45, 7) is 3.01. The van der Waals surface area contributed by atoms with Crippen molar-refractivity contribution in [1.29, 1.82) is 0 Å². The number of ether oxygens (including phenoxy) is 2. The molecule has 1 aliphatic heterocycles. The third-order valence-electron chi connectivity index (χ3n) is 6.23. The number of hydrogen-bond donors (Lipinski definition) is 2. The second kappa shape index (κ2) is 10.7. The topological polar surface area (TPSA) is 137 Å². The van der Waals surface area contributed by atoms with Gasteiger partial charge in [0.25, 0.3) is 5.91 Å². The molecule has 4 aromatic rings. The highest BCUT2D eigenvalue weighted by Crippen LogP contribution is 2.33. The number of nitrogens with one attached hydrogen (secondary N) is 1. The summed E-state index contributed by atoms with van der Waals surface area (Å²) in [6, 6.07) is 20.0. The maximum absolute atomic E-state index is 13.4.